The number of rotatable bonds is 12. The molecule has 0 saturated carbocycles. The van der Waals surface area contributed by atoms with Crippen LogP contribution in [0, 0.1) is 0 Å². The number of Topliss-reactive ketones (excluding diaryl/α,β-unsaturated/α-hetero) is 1. The lowest BCUT2D eigenvalue weighted by atomic mass is 9.98. The van der Waals surface area contributed by atoms with Crippen molar-refractivity contribution < 1.29 is 67.0 Å². The first-order chi connectivity index (χ1) is 20.4. The van der Waals surface area contributed by atoms with Crippen molar-refractivity contribution in [3.8, 4) is 23.0 Å². The van der Waals surface area contributed by atoms with Crippen molar-refractivity contribution in [3.05, 3.63) is 48.0 Å². The van der Waals surface area contributed by atoms with Gasteiger partial charge in [0.15, 0.2) is 18.8 Å². The predicted octanol–water partition coefficient (Wildman–Crippen LogP) is 2.12. The predicted molar refractivity (Wildman–Crippen MR) is 144 cm³/mol. The standard InChI is InChI=1S/C29H32O14/c1-15(30)37-14-25-26(39-16(2)31)27(40-17(3)32)28(41-18(4)33)29(43-25)42-21-10-11-22(23(34)12-21)24(35)13-38-20-8-6-19(36-5)7-9-20/h6-12,25-29,34H,13-14H2,1-5H3/t25-,26+,27+,28-,29+/m0/s1. The highest BCUT2D eigenvalue weighted by Gasteiger charge is 2.53. The van der Waals surface area contributed by atoms with Gasteiger partial charge in [0.1, 0.15) is 35.7 Å². The molecule has 43 heavy (non-hydrogen) atoms. The van der Waals surface area contributed by atoms with Crippen molar-refractivity contribution in [3.63, 3.8) is 0 Å². The van der Waals surface area contributed by atoms with Gasteiger partial charge in [-0.05, 0) is 36.4 Å². The molecule has 0 amide bonds. The van der Waals surface area contributed by atoms with Crippen molar-refractivity contribution in [2.45, 2.75) is 58.4 Å². The molecule has 0 unspecified atom stereocenters. The Morgan fingerprint density at radius 3 is 1.86 bits per heavy atom. The number of aromatic hydroxyl groups is 1. The summed E-state index contributed by atoms with van der Waals surface area (Å²) in [6.45, 7) is 3.62. The first kappa shape index (κ1) is 32.7. The molecule has 2 aromatic rings. The SMILES string of the molecule is COc1ccc(OCC(=O)c2ccc(O[C@@H]3O[C@@H](COC(C)=O)[C@@H](OC(C)=O)[C@@H](OC(C)=O)[C@@H]3OC(C)=O)cc2O)cc1. The molecule has 0 radical (unpaired) electrons. The van der Waals surface area contributed by atoms with E-state index in [0.29, 0.717) is 11.5 Å². The number of benzene rings is 2. The number of phenolic OH excluding ortho intramolecular Hbond substituents is 1. The van der Waals surface area contributed by atoms with Gasteiger partial charge >= 0.3 is 23.9 Å². The first-order valence-corrected chi connectivity index (χ1v) is 13.0. The van der Waals surface area contributed by atoms with Crippen LogP contribution in [0.1, 0.15) is 38.1 Å². The van der Waals surface area contributed by atoms with E-state index in [1.165, 1.54) is 19.2 Å². The largest absolute Gasteiger partial charge is 0.507 e. The molecule has 1 aliphatic rings. The van der Waals surface area contributed by atoms with Gasteiger partial charge in [-0.3, -0.25) is 24.0 Å². The minimum Gasteiger partial charge on any atom is -0.507 e. The second-order valence-corrected chi connectivity index (χ2v) is 9.25. The third-order valence-corrected chi connectivity index (χ3v) is 5.90. The van der Waals surface area contributed by atoms with Crippen molar-refractivity contribution >= 4 is 29.7 Å². The van der Waals surface area contributed by atoms with Gasteiger partial charge in [0, 0.05) is 33.8 Å². The molecule has 5 atom stereocenters. The zero-order valence-corrected chi connectivity index (χ0v) is 24.1. The first-order valence-electron chi connectivity index (χ1n) is 13.0. The Bertz CT molecular complexity index is 1320. The number of ketones is 1. The maximum atomic E-state index is 12.7. The van der Waals surface area contributed by atoms with Crippen LogP contribution in [0.3, 0.4) is 0 Å². The van der Waals surface area contributed by atoms with E-state index in [9.17, 15) is 29.1 Å². The van der Waals surface area contributed by atoms with Crippen LogP contribution >= 0.6 is 0 Å². The van der Waals surface area contributed by atoms with Gasteiger partial charge in [-0.15, -0.1) is 0 Å². The van der Waals surface area contributed by atoms with Gasteiger partial charge < -0.3 is 43.0 Å². The van der Waals surface area contributed by atoms with Crippen molar-refractivity contribution in [2.75, 3.05) is 20.3 Å². The molecule has 232 valence electrons. The monoisotopic (exact) mass is 604 g/mol. The van der Waals surface area contributed by atoms with Crippen molar-refractivity contribution in [2.24, 2.45) is 0 Å². The minimum atomic E-state index is -1.51. The van der Waals surface area contributed by atoms with Gasteiger partial charge in [0.2, 0.25) is 18.2 Å². The number of carbonyl (C=O) groups is 5. The second-order valence-electron chi connectivity index (χ2n) is 9.25. The van der Waals surface area contributed by atoms with Crippen LogP contribution in [0.25, 0.3) is 0 Å². The minimum absolute atomic E-state index is 0.0361. The third kappa shape index (κ3) is 9.33. The van der Waals surface area contributed by atoms with Crippen LogP contribution in [0.15, 0.2) is 42.5 Å². The molecular weight excluding hydrogens is 572 g/mol. The number of hydrogen-bond acceptors (Lipinski definition) is 14. The Morgan fingerprint density at radius 2 is 1.30 bits per heavy atom. The average molecular weight is 605 g/mol. The molecule has 1 aliphatic heterocycles. The van der Waals surface area contributed by atoms with Gasteiger partial charge in [0.05, 0.1) is 12.7 Å². The Labute approximate surface area is 246 Å². The van der Waals surface area contributed by atoms with E-state index < -0.39 is 72.7 Å². The van der Waals surface area contributed by atoms with Crippen molar-refractivity contribution in [1.29, 1.82) is 0 Å². The van der Waals surface area contributed by atoms with Gasteiger partial charge in [-0.2, -0.15) is 0 Å². The van der Waals surface area contributed by atoms with Crippen LogP contribution < -0.4 is 14.2 Å². The molecular formula is C29H32O14. The highest BCUT2D eigenvalue weighted by molar-refractivity contribution is 5.99. The zero-order valence-electron chi connectivity index (χ0n) is 24.1. The molecule has 1 fully saturated rings. The molecule has 2 aromatic carbocycles. The summed E-state index contributed by atoms with van der Waals surface area (Å²) in [4.78, 5) is 60.0. The summed E-state index contributed by atoms with van der Waals surface area (Å²) >= 11 is 0. The molecule has 1 N–H and O–H groups in total. The topological polar surface area (TPSA) is 179 Å². The molecule has 1 saturated heterocycles. The maximum absolute atomic E-state index is 12.7. The van der Waals surface area contributed by atoms with E-state index >= 15 is 0 Å². The molecule has 14 heteroatoms. The lowest BCUT2D eigenvalue weighted by Gasteiger charge is -2.43. The van der Waals surface area contributed by atoms with Gasteiger partial charge in [-0.25, -0.2) is 0 Å². The zero-order chi connectivity index (χ0) is 31.7. The molecule has 1 heterocycles. The Kier molecular flexibility index (Phi) is 11.3. The van der Waals surface area contributed by atoms with Gasteiger partial charge in [0.25, 0.3) is 0 Å². The fraction of sp³-hybridized carbons (Fsp3) is 0.414. The maximum Gasteiger partial charge on any atom is 0.303 e. The molecule has 0 aromatic heterocycles. The Hall–Kier alpha value is -4.85. The van der Waals surface area contributed by atoms with Crippen molar-refractivity contribution in [1.82, 2.24) is 0 Å². The van der Waals surface area contributed by atoms with Gasteiger partial charge in [-0.1, -0.05) is 0 Å². The van der Waals surface area contributed by atoms with Crippen LogP contribution in [-0.4, -0.2) is 85.8 Å². The lowest BCUT2D eigenvalue weighted by Crippen LogP contribution is -2.63. The van der Waals surface area contributed by atoms with E-state index in [1.54, 1.807) is 24.3 Å². The molecule has 14 nitrogen and oxygen atoms in total. The van der Waals surface area contributed by atoms with E-state index in [1.807, 2.05) is 0 Å². The molecule has 3 rings (SSSR count). The highest BCUT2D eigenvalue weighted by Crippen LogP contribution is 2.32. The molecule has 0 bridgehead atoms. The number of methoxy groups -OCH3 is 1. The normalized spacial score (nSPS) is 21.1. The van der Waals surface area contributed by atoms with E-state index in [4.69, 9.17) is 37.9 Å². The lowest BCUT2D eigenvalue weighted by molar-refractivity contribution is -0.288. The van der Waals surface area contributed by atoms with E-state index in [-0.39, 0.29) is 17.9 Å². The fourth-order valence-corrected chi connectivity index (χ4v) is 4.14. The van der Waals surface area contributed by atoms with Crippen LogP contribution in [0.4, 0.5) is 0 Å². The summed E-state index contributed by atoms with van der Waals surface area (Å²) in [7, 11) is 1.52. The number of ether oxygens (including phenoxy) is 8. The fourth-order valence-electron chi connectivity index (χ4n) is 4.14. The molecule has 0 aliphatic carbocycles. The summed E-state index contributed by atoms with van der Waals surface area (Å²) in [6.07, 6.45) is -7.00. The average Bonchev–Trinajstić information content (AvgIpc) is 2.93. The van der Waals surface area contributed by atoms with Crippen LogP contribution in [0.2, 0.25) is 0 Å². The summed E-state index contributed by atoms with van der Waals surface area (Å²) in [5, 5.41) is 10.6. The number of hydrogen-bond donors (Lipinski definition) is 1. The van der Waals surface area contributed by atoms with Crippen LogP contribution in [0.5, 0.6) is 23.0 Å². The smallest absolute Gasteiger partial charge is 0.303 e. The molecule has 0 spiro atoms. The Morgan fingerprint density at radius 1 is 0.744 bits per heavy atom. The number of phenols is 1. The van der Waals surface area contributed by atoms with E-state index in [0.717, 1.165) is 33.8 Å². The summed E-state index contributed by atoms with van der Waals surface area (Å²) in [6, 6.07) is 10.3. The summed E-state index contributed by atoms with van der Waals surface area (Å²) < 4.78 is 43.4. The number of esters is 4. The second kappa shape index (κ2) is 14.9. The Balaban J connectivity index is 1.84. The quantitative estimate of drug-likeness (QED) is 0.211. The highest BCUT2D eigenvalue weighted by atomic mass is 16.7. The summed E-state index contributed by atoms with van der Waals surface area (Å²) in [5.74, 6) is -3.05. The number of carbonyl (C=O) groups excluding carboxylic acids is 5. The summed E-state index contributed by atoms with van der Waals surface area (Å²) in [5.41, 5.74) is -0.0672. The van der Waals surface area contributed by atoms with Crippen LogP contribution in [-0.2, 0) is 42.9 Å². The third-order valence-electron chi connectivity index (χ3n) is 5.90. The van der Waals surface area contributed by atoms with E-state index in [2.05, 4.69) is 0 Å².